The fourth-order valence-corrected chi connectivity index (χ4v) is 1.12. The van der Waals surface area contributed by atoms with Crippen molar-refractivity contribution in [2.45, 2.75) is 19.8 Å². The molecule has 82 valence electrons. The molecule has 3 nitrogen and oxygen atoms in total. The van der Waals surface area contributed by atoms with Crippen LogP contribution in [-0.2, 0) is 0 Å². The van der Waals surface area contributed by atoms with Crippen LogP contribution in [0.2, 0.25) is 0 Å². The molecule has 0 unspecified atom stereocenters. The van der Waals surface area contributed by atoms with Gasteiger partial charge in [0.05, 0.1) is 6.61 Å². The van der Waals surface area contributed by atoms with E-state index in [1.165, 1.54) is 12.1 Å². The molecule has 0 aliphatic carbocycles. The smallest absolute Gasteiger partial charge is 0.488 e. The first kappa shape index (κ1) is 12.0. The average Bonchev–Trinajstić information content (AvgIpc) is 2.20. The third kappa shape index (κ3) is 3.53. The van der Waals surface area contributed by atoms with Crippen molar-refractivity contribution in [3.05, 3.63) is 24.0 Å². The van der Waals surface area contributed by atoms with E-state index in [4.69, 9.17) is 14.8 Å². The van der Waals surface area contributed by atoms with Crippen LogP contribution in [0.4, 0.5) is 4.39 Å². The van der Waals surface area contributed by atoms with Crippen molar-refractivity contribution >= 4 is 12.6 Å². The Balaban J connectivity index is 2.66. The van der Waals surface area contributed by atoms with E-state index >= 15 is 0 Å². The van der Waals surface area contributed by atoms with Crippen LogP contribution >= 0.6 is 0 Å². The maximum Gasteiger partial charge on any atom is 0.488 e. The molecule has 1 aromatic rings. The third-order valence-corrected chi connectivity index (χ3v) is 2.01. The van der Waals surface area contributed by atoms with Gasteiger partial charge in [-0.3, -0.25) is 0 Å². The Morgan fingerprint density at radius 2 is 2.13 bits per heavy atom. The van der Waals surface area contributed by atoms with Gasteiger partial charge in [0.2, 0.25) is 0 Å². The maximum absolute atomic E-state index is 13.3. The summed E-state index contributed by atoms with van der Waals surface area (Å²) in [5.74, 6) is -0.426. The lowest BCUT2D eigenvalue weighted by molar-refractivity contribution is 0.294. The molecule has 0 bridgehead atoms. The van der Waals surface area contributed by atoms with Crippen molar-refractivity contribution in [1.29, 1.82) is 0 Å². The summed E-state index contributed by atoms with van der Waals surface area (Å²) in [6.07, 6.45) is 1.85. The molecule has 0 spiro atoms. The topological polar surface area (TPSA) is 49.7 Å². The second-order valence-corrected chi connectivity index (χ2v) is 3.27. The van der Waals surface area contributed by atoms with Gasteiger partial charge in [0.1, 0.15) is 0 Å². The molecule has 5 heteroatoms. The van der Waals surface area contributed by atoms with E-state index in [0.717, 1.165) is 18.9 Å². The fourth-order valence-electron chi connectivity index (χ4n) is 1.12. The monoisotopic (exact) mass is 212 g/mol. The number of benzene rings is 1. The van der Waals surface area contributed by atoms with Crippen LogP contribution in [0.25, 0.3) is 0 Å². The Morgan fingerprint density at radius 1 is 1.40 bits per heavy atom. The number of ether oxygens (including phenoxy) is 1. The molecular weight excluding hydrogens is 198 g/mol. The first-order chi connectivity index (χ1) is 7.15. The van der Waals surface area contributed by atoms with E-state index in [9.17, 15) is 4.39 Å². The van der Waals surface area contributed by atoms with E-state index in [-0.39, 0.29) is 11.2 Å². The van der Waals surface area contributed by atoms with Crippen molar-refractivity contribution in [2.24, 2.45) is 0 Å². The molecule has 2 N–H and O–H groups in total. The minimum absolute atomic E-state index is 0.121. The van der Waals surface area contributed by atoms with Crippen LogP contribution in [-0.4, -0.2) is 23.8 Å². The zero-order chi connectivity index (χ0) is 11.3. The van der Waals surface area contributed by atoms with Gasteiger partial charge in [-0.1, -0.05) is 19.4 Å². The van der Waals surface area contributed by atoms with E-state index in [1.54, 1.807) is 0 Å². The lowest BCUT2D eigenvalue weighted by atomic mass is 9.80. The highest BCUT2D eigenvalue weighted by Crippen LogP contribution is 2.15. The van der Waals surface area contributed by atoms with Crippen LogP contribution in [0.3, 0.4) is 0 Å². The Labute approximate surface area is 88.7 Å². The molecule has 0 saturated carbocycles. The Bertz CT molecular complexity index is 318. The number of unbranched alkanes of at least 4 members (excludes halogenated alkanes) is 1. The molecule has 0 amide bonds. The standard InChI is InChI=1S/C10H14BFO3/c1-2-3-6-15-10-5-4-8(11(13)14)7-9(10)12/h4-5,7,13-14H,2-3,6H2,1H3. The molecule has 0 radical (unpaired) electrons. The van der Waals surface area contributed by atoms with Gasteiger partial charge in [0.15, 0.2) is 11.6 Å². The van der Waals surface area contributed by atoms with Crippen molar-refractivity contribution < 1.29 is 19.2 Å². The zero-order valence-corrected chi connectivity index (χ0v) is 8.61. The van der Waals surface area contributed by atoms with Gasteiger partial charge >= 0.3 is 7.12 Å². The first-order valence-corrected chi connectivity index (χ1v) is 4.93. The minimum atomic E-state index is -1.65. The predicted octanol–water partition coefficient (Wildman–Crippen LogP) is 0.684. The second-order valence-electron chi connectivity index (χ2n) is 3.27. The van der Waals surface area contributed by atoms with Crippen LogP contribution in [0.1, 0.15) is 19.8 Å². The van der Waals surface area contributed by atoms with E-state index < -0.39 is 12.9 Å². The summed E-state index contributed by atoms with van der Waals surface area (Å²) in [4.78, 5) is 0. The maximum atomic E-state index is 13.3. The molecule has 0 heterocycles. The SMILES string of the molecule is CCCCOc1ccc(B(O)O)cc1F. The molecule has 0 fully saturated rings. The van der Waals surface area contributed by atoms with Crippen molar-refractivity contribution in [3.63, 3.8) is 0 Å². The van der Waals surface area contributed by atoms with Gasteiger partial charge in [-0.2, -0.15) is 0 Å². The van der Waals surface area contributed by atoms with E-state index in [0.29, 0.717) is 6.61 Å². The van der Waals surface area contributed by atoms with Gasteiger partial charge < -0.3 is 14.8 Å². The molecule has 1 aromatic carbocycles. The molecule has 0 saturated heterocycles. The number of hydrogen-bond acceptors (Lipinski definition) is 3. The molecular formula is C10H14BFO3. The fraction of sp³-hybridized carbons (Fsp3) is 0.400. The van der Waals surface area contributed by atoms with Gasteiger partial charge in [0.25, 0.3) is 0 Å². The molecule has 0 atom stereocenters. The first-order valence-electron chi connectivity index (χ1n) is 4.93. The highest BCUT2D eigenvalue weighted by atomic mass is 19.1. The molecule has 0 aromatic heterocycles. The van der Waals surface area contributed by atoms with Gasteiger partial charge in [-0.05, 0) is 24.0 Å². The summed E-state index contributed by atoms with van der Waals surface area (Å²) in [6.45, 7) is 2.49. The minimum Gasteiger partial charge on any atom is -0.491 e. The van der Waals surface area contributed by atoms with Crippen molar-refractivity contribution in [2.75, 3.05) is 6.61 Å². The Morgan fingerprint density at radius 3 is 2.67 bits per heavy atom. The molecule has 0 aliphatic heterocycles. The predicted molar refractivity (Wildman–Crippen MR) is 56.6 cm³/mol. The van der Waals surface area contributed by atoms with E-state index in [2.05, 4.69) is 0 Å². The van der Waals surface area contributed by atoms with E-state index in [1.807, 2.05) is 6.92 Å². The summed E-state index contributed by atoms with van der Waals surface area (Å²) < 4.78 is 18.5. The zero-order valence-electron chi connectivity index (χ0n) is 8.61. The summed E-state index contributed by atoms with van der Waals surface area (Å²) in [5.41, 5.74) is 0.121. The third-order valence-electron chi connectivity index (χ3n) is 2.01. The number of halogens is 1. The summed E-state index contributed by atoms with van der Waals surface area (Å²) in [7, 11) is -1.65. The summed E-state index contributed by atoms with van der Waals surface area (Å²) >= 11 is 0. The average molecular weight is 212 g/mol. The number of rotatable bonds is 5. The Kier molecular flexibility index (Phi) is 4.58. The largest absolute Gasteiger partial charge is 0.491 e. The summed E-state index contributed by atoms with van der Waals surface area (Å²) in [6, 6.07) is 3.89. The van der Waals surface area contributed by atoms with Crippen LogP contribution in [0.5, 0.6) is 5.75 Å². The van der Waals surface area contributed by atoms with Crippen molar-refractivity contribution in [3.8, 4) is 5.75 Å². The van der Waals surface area contributed by atoms with Crippen LogP contribution < -0.4 is 10.2 Å². The van der Waals surface area contributed by atoms with Crippen LogP contribution in [0.15, 0.2) is 18.2 Å². The van der Waals surface area contributed by atoms with Gasteiger partial charge in [-0.15, -0.1) is 0 Å². The number of hydrogen-bond donors (Lipinski definition) is 2. The highest BCUT2D eigenvalue weighted by molar-refractivity contribution is 6.58. The normalized spacial score (nSPS) is 10.1. The lowest BCUT2D eigenvalue weighted by Gasteiger charge is -2.07. The quantitative estimate of drug-likeness (QED) is 0.557. The van der Waals surface area contributed by atoms with Gasteiger partial charge in [0, 0.05) is 0 Å². The summed E-state index contributed by atoms with van der Waals surface area (Å²) in [5, 5.41) is 17.6. The molecule has 0 aliphatic rings. The van der Waals surface area contributed by atoms with Crippen molar-refractivity contribution in [1.82, 2.24) is 0 Å². The second kappa shape index (κ2) is 5.73. The van der Waals surface area contributed by atoms with Crippen LogP contribution in [0, 0.1) is 5.82 Å². The Hall–Kier alpha value is -1.07. The van der Waals surface area contributed by atoms with Gasteiger partial charge in [-0.25, -0.2) is 4.39 Å². The molecule has 1 rings (SSSR count). The highest BCUT2D eigenvalue weighted by Gasteiger charge is 2.13. The molecule has 15 heavy (non-hydrogen) atoms. The lowest BCUT2D eigenvalue weighted by Crippen LogP contribution is -2.30.